The number of aromatic nitrogens is 3. The average Bonchev–Trinajstić information content (AvgIpc) is 3.03. The minimum absolute atomic E-state index is 0.195. The van der Waals surface area contributed by atoms with Crippen LogP contribution in [0.2, 0.25) is 0 Å². The Labute approximate surface area is 169 Å². The van der Waals surface area contributed by atoms with Gasteiger partial charge in [0.25, 0.3) is 11.1 Å². The maximum atomic E-state index is 12.8. The van der Waals surface area contributed by atoms with Crippen LogP contribution in [0.5, 0.6) is 5.75 Å². The van der Waals surface area contributed by atoms with Crippen LogP contribution in [-0.2, 0) is 0 Å². The lowest BCUT2D eigenvalue weighted by Gasteiger charge is -2.26. The van der Waals surface area contributed by atoms with E-state index >= 15 is 0 Å². The zero-order valence-electron chi connectivity index (χ0n) is 15.4. The van der Waals surface area contributed by atoms with Crippen molar-refractivity contribution in [3.8, 4) is 5.75 Å². The molecule has 2 aromatic carbocycles. The molecule has 3 heterocycles. The number of para-hydroxylation sites is 1. The van der Waals surface area contributed by atoms with E-state index < -0.39 is 5.56 Å². The summed E-state index contributed by atoms with van der Waals surface area (Å²) in [6.45, 7) is 1.54. The molecule has 0 amide bonds. The fourth-order valence-corrected chi connectivity index (χ4v) is 4.21. The SMILES string of the molecule is Cc1nn2c(=O)c(=CC3=Cc4ccccc4OC3c3ccccc3)sc2nc1=O. The van der Waals surface area contributed by atoms with Crippen molar-refractivity contribution in [2.75, 3.05) is 0 Å². The summed E-state index contributed by atoms with van der Waals surface area (Å²) in [5, 5.41) is 4.07. The van der Waals surface area contributed by atoms with Gasteiger partial charge in [-0.25, -0.2) is 0 Å². The molecule has 0 N–H and O–H groups in total. The molecule has 6 nitrogen and oxygen atoms in total. The molecule has 0 spiro atoms. The molecule has 0 saturated heterocycles. The van der Waals surface area contributed by atoms with Gasteiger partial charge in [0.1, 0.15) is 17.5 Å². The van der Waals surface area contributed by atoms with E-state index in [1.54, 1.807) is 13.0 Å². The van der Waals surface area contributed by atoms with Crippen LogP contribution in [0.3, 0.4) is 0 Å². The smallest absolute Gasteiger partial charge is 0.295 e. The number of benzene rings is 2. The van der Waals surface area contributed by atoms with E-state index in [-0.39, 0.29) is 22.3 Å². The van der Waals surface area contributed by atoms with Crippen LogP contribution in [0.25, 0.3) is 17.1 Å². The van der Waals surface area contributed by atoms with Crippen LogP contribution < -0.4 is 20.4 Å². The minimum Gasteiger partial charge on any atom is -0.480 e. The quantitative estimate of drug-likeness (QED) is 0.516. The van der Waals surface area contributed by atoms with Gasteiger partial charge in [-0.05, 0) is 36.3 Å². The van der Waals surface area contributed by atoms with E-state index in [2.05, 4.69) is 10.1 Å². The van der Waals surface area contributed by atoms with Crippen LogP contribution in [0.15, 0.2) is 69.8 Å². The van der Waals surface area contributed by atoms with Crippen molar-refractivity contribution in [2.45, 2.75) is 13.0 Å². The van der Waals surface area contributed by atoms with E-state index in [1.165, 1.54) is 4.52 Å². The molecule has 7 heteroatoms. The van der Waals surface area contributed by atoms with Crippen molar-refractivity contribution in [3.05, 3.63) is 102 Å². The number of hydrogen-bond donors (Lipinski definition) is 0. The fraction of sp³-hybridized carbons (Fsp3) is 0.0909. The first-order chi connectivity index (χ1) is 14.1. The first-order valence-electron chi connectivity index (χ1n) is 9.04. The molecule has 142 valence electrons. The summed E-state index contributed by atoms with van der Waals surface area (Å²) in [4.78, 5) is 28.9. The number of rotatable bonds is 2. The molecule has 2 aromatic heterocycles. The lowest BCUT2D eigenvalue weighted by molar-refractivity contribution is 0.244. The molecule has 1 aliphatic rings. The lowest BCUT2D eigenvalue weighted by atomic mass is 9.96. The highest BCUT2D eigenvalue weighted by molar-refractivity contribution is 7.15. The molecule has 1 unspecified atom stereocenters. The Hall–Kier alpha value is -3.58. The largest absolute Gasteiger partial charge is 0.480 e. The Morgan fingerprint density at radius 1 is 1.07 bits per heavy atom. The highest BCUT2D eigenvalue weighted by atomic mass is 32.1. The third-order valence-electron chi connectivity index (χ3n) is 4.73. The Bertz CT molecular complexity index is 1440. The molecule has 4 aromatic rings. The van der Waals surface area contributed by atoms with E-state index in [1.807, 2.05) is 60.7 Å². The minimum atomic E-state index is -0.422. The van der Waals surface area contributed by atoms with E-state index in [4.69, 9.17) is 4.74 Å². The monoisotopic (exact) mass is 401 g/mol. The van der Waals surface area contributed by atoms with E-state index in [0.29, 0.717) is 4.53 Å². The number of fused-ring (bicyclic) bond motifs is 2. The standard InChI is InChI=1S/C22H15N3O3S/c1-13-20(26)23-22-25(24-13)21(27)18(29-22)12-16-11-15-9-5-6-10-17(15)28-19(16)14-7-3-2-4-8-14/h2-12,19H,1H3. The van der Waals surface area contributed by atoms with Crippen LogP contribution in [0.4, 0.5) is 0 Å². The van der Waals surface area contributed by atoms with Gasteiger partial charge in [-0.15, -0.1) is 0 Å². The summed E-state index contributed by atoms with van der Waals surface area (Å²) < 4.78 is 7.90. The van der Waals surface area contributed by atoms with Gasteiger partial charge in [0.2, 0.25) is 4.96 Å². The molecule has 0 aliphatic carbocycles. The van der Waals surface area contributed by atoms with Crippen molar-refractivity contribution in [1.29, 1.82) is 0 Å². The maximum Gasteiger partial charge on any atom is 0.295 e. The third kappa shape index (κ3) is 3.05. The lowest BCUT2D eigenvalue weighted by Crippen LogP contribution is -2.27. The topological polar surface area (TPSA) is 73.6 Å². The van der Waals surface area contributed by atoms with Gasteiger partial charge >= 0.3 is 0 Å². The molecule has 1 atom stereocenters. The van der Waals surface area contributed by atoms with Crippen molar-refractivity contribution in [2.24, 2.45) is 0 Å². The summed E-state index contributed by atoms with van der Waals surface area (Å²) in [5.41, 5.74) is 2.25. The van der Waals surface area contributed by atoms with Gasteiger partial charge in [-0.1, -0.05) is 59.9 Å². The maximum absolute atomic E-state index is 12.8. The van der Waals surface area contributed by atoms with Crippen LogP contribution in [0.1, 0.15) is 22.9 Å². The van der Waals surface area contributed by atoms with Gasteiger partial charge in [0, 0.05) is 5.56 Å². The molecular formula is C22H15N3O3S. The molecule has 29 heavy (non-hydrogen) atoms. The Morgan fingerprint density at radius 3 is 2.66 bits per heavy atom. The second-order valence-corrected chi connectivity index (χ2v) is 7.71. The Kier molecular flexibility index (Phi) is 4.10. The zero-order chi connectivity index (χ0) is 20.0. The summed E-state index contributed by atoms with van der Waals surface area (Å²) >= 11 is 1.14. The second-order valence-electron chi connectivity index (χ2n) is 6.70. The van der Waals surface area contributed by atoms with Gasteiger partial charge in [-0.2, -0.15) is 14.6 Å². The fourth-order valence-electron chi connectivity index (χ4n) is 3.30. The highest BCUT2D eigenvalue weighted by Gasteiger charge is 2.23. The van der Waals surface area contributed by atoms with Crippen LogP contribution in [0, 0.1) is 6.92 Å². The zero-order valence-corrected chi connectivity index (χ0v) is 16.2. The molecule has 0 fully saturated rings. The first kappa shape index (κ1) is 17.5. The Morgan fingerprint density at radius 2 is 1.83 bits per heavy atom. The molecule has 0 radical (unpaired) electrons. The Balaban J connectivity index is 1.73. The van der Waals surface area contributed by atoms with Gasteiger partial charge in [0.15, 0.2) is 0 Å². The van der Waals surface area contributed by atoms with Gasteiger partial charge < -0.3 is 4.74 Å². The number of hydrogen-bond acceptors (Lipinski definition) is 6. The highest BCUT2D eigenvalue weighted by Crippen LogP contribution is 2.37. The van der Waals surface area contributed by atoms with Crippen LogP contribution in [-0.4, -0.2) is 14.6 Å². The van der Waals surface area contributed by atoms with Crippen molar-refractivity contribution < 1.29 is 4.74 Å². The van der Waals surface area contributed by atoms with Crippen molar-refractivity contribution >= 4 is 28.4 Å². The number of ether oxygens (including phenoxy) is 1. The molecule has 1 aliphatic heterocycles. The first-order valence-corrected chi connectivity index (χ1v) is 9.86. The predicted octanol–water partition coefficient (Wildman–Crippen LogP) is 2.54. The summed E-state index contributed by atoms with van der Waals surface area (Å²) in [6, 6.07) is 17.6. The normalized spacial score (nSPS) is 16.4. The van der Waals surface area contributed by atoms with Crippen molar-refractivity contribution in [1.82, 2.24) is 14.6 Å². The number of aryl methyl sites for hydroxylation is 1. The van der Waals surface area contributed by atoms with Gasteiger partial charge in [-0.3, -0.25) is 9.59 Å². The summed E-state index contributed by atoms with van der Waals surface area (Å²) in [5.74, 6) is 0.793. The summed E-state index contributed by atoms with van der Waals surface area (Å²) in [7, 11) is 0. The van der Waals surface area contributed by atoms with Gasteiger partial charge in [0.05, 0.1) is 4.53 Å². The average molecular weight is 401 g/mol. The molecule has 0 saturated carbocycles. The van der Waals surface area contributed by atoms with Crippen LogP contribution >= 0.6 is 11.3 Å². The third-order valence-corrected chi connectivity index (χ3v) is 5.69. The molecular weight excluding hydrogens is 386 g/mol. The molecule has 0 bridgehead atoms. The summed E-state index contributed by atoms with van der Waals surface area (Å²) in [6.07, 6.45) is 3.48. The molecule has 5 rings (SSSR count). The van der Waals surface area contributed by atoms with E-state index in [9.17, 15) is 9.59 Å². The second kappa shape index (κ2) is 6.79. The number of thiazole rings is 1. The van der Waals surface area contributed by atoms with Crippen molar-refractivity contribution in [3.63, 3.8) is 0 Å². The number of nitrogens with zero attached hydrogens (tertiary/aromatic N) is 3. The van der Waals surface area contributed by atoms with E-state index in [0.717, 1.165) is 33.8 Å². The predicted molar refractivity (Wildman–Crippen MR) is 112 cm³/mol.